The van der Waals surface area contributed by atoms with E-state index in [1.54, 1.807) is 6.92 Å². The highest BCUT2D eigenvalue weighted by molar-refractivity contribution is 5.65. The van der Waals surface area contributed by atoms with Crippen LogP contribution in [0.5, 0.6) is 0 Å². The number of aromatic nitrogens is 2. The molecular weight excluding hydrogens is 116 g/mol. The molecule has 0 aliphatic carbocycles. The number of nitrogens with two attached hydrogens (primary N) is 1. The highest BCUT2D eigenvalue weighted by atomic mass is 15.2. The molecule has 0 spiro atoms. The minimum Gasteiger partial charge on any atom is -0.391 e. The minimum absolute atomic E-state index is 0.280. The van der Waals surface area contributed by atoms with Crippen LogP contribution < -0.4 is 5.73 Å². The Balaban J connectivity index is 3.27. The first kappa shape index (κ1) is 5.63. The van der Waals surface area contributed by atoms with E-state index >= 15 is 0 Å². The van der Waals surface area contributed by atoms with Crippen molar-refractivity contribution in [1.29, 1.82) is 0 Å². The van der Waals surface area contributed by atoms with Gasteiger partial charge in [-0.05, 0) is 6.92 Å². The molecule has 0 fully saturated rings. The first-order valence-electron chi connectivity index (χ1n) is 2.43. The van der Waals surface area contributed by atoms with Crippen LogP contribution in [-0.2, 0) is 0 Å². The Morgan fingerprint density at radius 3 is 2.67 bits per heavy atom. The van der Waals surface area contributed by atoms with Gasteiger partial charge in [0.1, 0.15) is 0 Å². The molecule has 1 rings (SSSR count). The van der Waals surface area contributed by atoms with E-state index in [1.807, 2.05) is 0 Å². The predicted molar refractivity (Wildman–Crippen MR) is 34.0 cm³/mol. The lowest BCUT2D eigenvalue weighted by Gasteiger charge is -1.81. The quantitative estimate of drug-likeness (QED) is 0.501. The van der Waals surface area contributed by atoms with Crippen LogP contribution in [0.2, 0.25) is 0 Å². The average Bonchev–Trinajstić information content (AvgIpc) is 2.12. The van der Waals surface area contributed by atoms with Crippen molar-refractivity contribution in [1.82, 2.24) is 10.2 Å². The molecule has 1 aromatic heterocycles. The summed E-state index contributed by atoms with van der Waals surface area (Å²) in [6, 6.07) is 0. The Bertz CT molecular complexity index is 235. The Labute approximate surface area is 52.5 Å². The van der Waals surface area contributed by atoms with E-state index in [9.17, 15) is 0 Å². The third kappa shape index (κ3) is 0.722. The van der Waals surface area contributed by atoms with Crippen LogP contribution in [0.25, 0.3) is 4.85 Å². The van der Waals surface area contributed by atoms with Crippen LogP contribution in [0.3, 0.4) is 0 Å². The van der Waals surface area contributed by atoms with Gasteiger partial charge in [-0.15, -0.1) is 0 Å². The van der Waals surface area contributed by atoms with E-state index in [4.69, 9.17) is 12.3 Å². The Morgan fingerprint density at radius 2 is 2.44 bits per heavy atom. The van der Waals surface area contributed by atoms with Crippen LogP contribution in [0, 0.1) is 13.5 Å². The molecule has 3 N–H and O–H groups in total. The molecule has 0 aliphatic heterocycles. The minimum atomic E-state index is 0.280. The monoisotopic (exact) mass is 122 g/mol. The van der Waals surface area contributed by atoms with Gasteiger partial charge in [0.15, 0.2) is 5.82 Å². The smallest absolute Gasteiger partial charge is 0.249 e. The Morgan fingerprint density at radius 1 is 1.78 bits per heavy atom. The molecule has 0 aliphatic rings. The zero-order valence-electron chi connectivity index (χ0n) is 4.97. The molecule has 4 nitrogen and oxygen atoms in total. The van der Waals surface area contributed by atoms with Gasteiger partial charge in [-0.1, -0.05) is 0 Å². The van der Waals surface area contributed by atoms with E-state index in [0.29, 0.717) is 5.69 Å². The van der Waals surface area contributed by atoms with E-state index in [-0.39, 0.29) is 5.82 Å². The fourth-order valence-electron chi connectivity index (χ4n) is 0.583. The topological polar surface area (TPSA) is 59.1 Å². The van der Waals surface area contributed by atoms with Gasteiger partial charge in [0.05, 0.1) is 6.57 Å². The summed E-state index contributed by atoms with van der Waals surface area (Å²) >= 11 is 0. The maximum Gasteiger partial charge on any atom is 0.249 e. The molecule has 4 heteroatoms. The zero-order valence-corrected chi connectivity index (χ0v) is 4.97. The molecule has 46 valence electrons. The highest BCUT2D eigenvalue weighted by Gasteiger charge is 2.03. The molecule has 0 bridgehead atoms. The second-order valence-corrected chi connectivity index (χ2v) is 1.69. The maximum atomic E-state index is 6.63. The molecule has 0 unspecified atom stereocenters. The van der Waals surface area contributed by atoms with Crippen LogP contribution in [0.4, 0.5) is 11.5 Å². The molecule has 0 radical (unpaired) electrons. The number of rotatable bonds is 0. The summed E-state index contributed by atoms with van der Waals surface area (Å²) in [4.78, 5) is 3.16. The molecule has 1 aromatic rings. The van der Waals surface area contributed by atoms with Crippen molar-refractivity contribution in [3.8, 4) is 0 Å². The first-order valence-corrected chi connectivity index (χ1v) is 2.43. The largest absolute Gasteiger partial charge is 0.391 e. The number of aryl methyl sites for hydroxylation is 1. The first-order chi connectivity index (χ1) is 4.25. The van der Waals surface area contributed by atoms with Gasteiger partial charge in [0.2, 0.25) is 5.69 Å². The number of H-pyrrole nitrogens is 1. The summed E-state index contributed by atoms with van der Waals surface area (Å²) in [5, 5.41) is 6.23. The van der Waals surface area contributed by atoms with E-state index < -0.39 is 0 Å². The van der Waals surface area contributed by atoms with Gasteiger partial charge in [-0.2, -0.15) is 5.10 Å². The standard InChI is InChI=1S/C5H6N4/c1-3-4(7-2)5(6)9-8-3/h1H3,(H3,6,8,9). The van der Waals surface area contributed by atoms with Crippen molar-refractivity contribution in [3.05, 3.63) is 17.1 Å². The lowest BCUT2D eigenvalue weighted by atomic mass is 10.4. The second-order valence-electron chi connectivity index (χ2n) is 1.69. The number of anilines is 1. The van der Waals surface area contributed by atoms with Gasteiger partial charge in [0, 0.05) is 5.69 Å². The van der Waals surface area contributed by atoms with E-state index in [0.717, 1.165) is 5.69 Å². The molecular formula is C5H6N4. The van der Waals surface area contributed by atoms with Gasteiger partial charge >= 0.3 is 0 Å². The van der Waals surface area contributed by atoms with Crippen molar-refractivity contribution in [2.75, 3.05) is 5.73 Å². The third-order valence-electron chi connectivity index (χ3n) is 1.05. The highest BCUT2D eigenvalue weighted by Crippen LogP contribution is 2.21. The number of hydrogen-bond acceptors (Lipinski definition) is 2. The second kappa shape index (κ2) is 1.78. The van der Waals surface area contributed by atoms with Gasteiger partial charge in [-0.3, -0.25) is 5.10 Å². The Kier molecular flexibility index (Phi) is 1.12. The van der Waals surface area contributed by atoms with Crippen LogP contribution in [0.1, 0.15) is 5.69 Å². The molecule has 1 heterocycles. The molecule has 0 amide bonds. The summed E-state index contributed by atoms with van der Waals surface area (Å²) in [5.41, 5.74) is 6.45. The van der Waals surface area contributed by atoms with Crippen molar-refractivity contribution in [3.63, 3.8) is 0 Å². The van der Waals surface area contributed by atoms with Crippen molar-refractivity contribution < 1.29 is 0 Å². The fourth-order valence-corrected chi connectivity index (χ4v) is 0.583. The fraction of sp³-hybridized carbons (Fsp3) is 0.200. The number of nitrogen functional groups attached to an aromatic ring is 1. The predicted octanol–water partition coefficient (Wildman–Crippen LogP) is 0.851. The van der Waals surface area contributed by atoms with Crippen molar-refractivity contribution >= 4 is 11.5 Å². The lowest BCUT2D eigenvalue weighted by Crippen LogP contribution is -1.82. The summed E-state index contributed by atoms with van der Waals surface area (Å²) in [5.74, 6) is 0.280. The zero-order chi connectivity index (χ0) is 6.85. The summed E-state index contributed by atoms with van der Waals surface area (Å²) in [6.07, 6.45) is 0. The van der Waals surface area contributed by atoms with Gasteiger partial charge in [-0.25, -0.2) is 4.85 Å². The van der Waals surface area contributed by atoms with Crippen LogP contribution >= 0.6 is 0 Å². The number of nitrogens with one attached hydrogen (secondary N) is 1. The average molecular weight is 122 g/mol. The van der Waals surface area contributed by atoms with Crippen molar-refractivity contribution in [2.45, 2.75) is 6.92 Å². The SMILES string of the molecule is [C-]#[N+]c1c(N)n[nH]c1C. The van der Waals surface area contributed by atoms with Crippen LogP contribution in [-0.4, -0.2) is 10.2 Å². The molecule has 0 atom stereocenters. The summed E-state index contributed by atoms with van der Waals surface area (Å²) in [6.45, 7) is 8.39. The number of aromatic amines is 1. The van der Waals surface area contributed by atoms with Crippen molar-refractivity contribution in [2.24, 2.45) is 0 Å². The molecule has 0 saturated heterocycles. The van der Waals surface area contributed by atoms with E-state index in [2.05, 4.69) is 15.0 Å². The van der Waals surface area contributed by atoms with Gasteiger partial charge in [0.25, 0.3) is 0 Å². The molecule has 0 saturated carbocycles. The number of hydrogen-bond donors (Lipinski definition) is 2. The normalized spacial score (nSPS) is 8.89. The summed E-state index contributed by atoms with van der Waals surface area (Å²) in [7, 11) is 0. The Hall–Kier alpha value is -1.50. The third-order valence-corrected chi connectivity index (χ3v) is 1.05. The molecule has 0 aromatic carbocycles. The molecule has 9 heavy (non-hydrogen) atoms. The van der Waals surface area contributed by atoms with Crippen LogP contribution in [0.15, 0.2) is 0 Å². The van der Waals surface area contributed by atoms with Gasteiger partial charge < -0.3 is 5.73 Å². The summed E-state index contributed by atoms with van der Waals surface area (Å²) < 4.78 is 0. The maximum absolute atomic E-state index is 6.63. The lowest BCUT2D eigenvalue weighted by molar-refractivity contribution is 1.05. The van der Waals surface area contributed by atoms with E-state index in [1.165, 1.54) is 0 Å². The number of nitrogens with zero attached hydrogens (tertiary/aromatic N) is 2.